The van der Waals surface area contributed by atoms with Crippen molar-refractivity contribution >= 4 is 17.5 Å². The summed E-state index contributed by atoms with van der Waals surface area (Å²) in [6.07, 6.45) is 4.37. The van der Waals surface area contributed by atoms with Crippen LogP contribution >= 0.6 is 0 Å². The van der Waals surface area contributed by atoms with Crippen molar-refractivity contribution in [1.82, 2.24) is 19.5 Å². The molecule has 3 heterocycles. The number of carboxylic acids is 1. The first kappa shape index (κ1) is 12.6. The largest absolute Gasteiger partial charge is 0.480 e. The van der Waals surface area contributed by atoms with Crippen LogP contribution in [0.5, 0.6) is 0 Å². The first-order valence-electron chi connectivity index (χ1n) is 6.42. The van der Waals surface area contributed by atoms with Crippen LogP contribution in [-0.2, 0) is 4.79 Å². The second-order valence-corrected chi connectivity index (χ2v) is 4.89. The third-order valence-electron chi connectivity index (χ3n) is 3.54. The lowest BCUT2D eigenvalue weighted by atomic mass is 10.2. The predicted octanol–water partition coefficient (Wildman–Crippen LogP) is 0.727. The van der Waals surface area contributed by atoms with E-state index >= 15 is 0 Å². The van der Waals surface area contributed by atoms with Gasteiger partial charge in [0.15, 0.2) is 5.65 Å². The van der Waals surface area contributed by atoms with Crippen LogP contribution in [0.2, 0.25) is 0 Å². The van der Waals surface area contributed by atoms with Crippen molar-refractivity contribution in [1.29, 1.82) is 0 Å². The van der Waals surface area contributed by atoms with Crippen LogP contribution < -0.4 is 0 Å². The molecular formula is C13H14N4O3. The van der Waals surface area contributed by atoms with E-state index in [2.05, 4.69) is 10.1 Å². The van der Waals surface area contributed by atoms with Crippen molar-refractivity contribution in [3.05, 3.63) is 29.7 Å². The molecule has 0 radical (unpaired) electrons. The van der Waals surface area contributed by atoms with Gasteiger partial charge in [0.1, 0.15) is 11.6 Å². The smallest absolute Gasteiger partial charge is 0.326 e. The molecule has 1 amide bonds. The zero-order valence-electron chi connectivity index (χ0n) is 11.0. The summed E-state index contributed by atoms with van der Waals surface area (Å²) in [6.45, 7) is 2.29. The number of fused-ring (bicyclic) bond motifs is 1. The van der Waals surface area contributed by atoms with Gasteiger partial charge in [-0.05, 0) is 25.8 Å². The van der Waals surface area contributed by atoms with Crippen molar-refractivity contribution in [3.8, 4) is 0 Å². The first-order valence-corrected chi connectivity index (χ1v) is 6.42. The Morgan fingerprint density at radius 3 is 3.00 bits per heavy atom. The van der Waals surface area contributed by atoms with E-state index in [0.29, 0.717) is 30.6 Å². The normalized spacial score (nSPS) is 18.6. The highest BCUT2D eigenvalue weighted by atomic mass is 16.4. The average molecular weight is 274 g/mol. The molecule has 0 bridgehead atoms. The molecule has 3 rings (SSSR count). The summed E-state index contributed by atoms with van der Waals surface area (Å²) in [5.41, 5.74) is 1.59. The number of nitrogens with zero attached hydrogens (tertiary/aromatic N) is 4. The minimum Gasteiger partial charge on any atom is -0.480 e. The van der Waals surface area contributed by atoms with Crippen molar-refractivity contribution in [2.45, 2.75) is 25.8 Å². The van der Waals surface area contributed by atoms with Gasteiger partial charge in [-0.15, -0.1) is 0 Å². The van der Waals surface area contributed by atoms with Gasteiger partial charge in [0.05, 0.1) is 6.20 Å². The molecule has 2 aromatic heterocycles. The van der Waals surface area contributed by atoms with Crippen LogP contribution in [0, 0.1) is 6.92 Å². The van der Waals surface area contributed by atoms with E-state index in [0.717, 1.165) is 5.69 Å². The molecule has 0 saturated carbocycles. The predicted molar refractivity (Wildman–Crippen MR) is 69.4 cm³/mol. The SMILES string of the molecule is Cc1ccn2ncc(C(=O)N3CCC[C@H]3C(=O)O)c2n1. The summed E-state index contributed by atoms with van der Waals surface area (Å²) >= 11 is 0. The zero-order chi connectivity index (χ0) is 14.3. The van der Waals surface area contributed by atoms with Crippen LogP contribution in [-0.4, -0.2) is 49.1 Å². The molecule has 1 atom stereocenters. The monoisotopic (exact) mass is 274 g/mol. The molecule has 0 aromatic carbocycles. The van der Waals surface area contributed by atoms with Gasteiger partial charge in [-0.25, -0.2) is 14.3 Å². The fraction of sp³-hybridized carbons (Fsp3) is 0.385. The Hall–Kier alpha value is -2.44. The number of aliphatic carboxylic acids is 1. The summed E-state index contributed by atoms with van der Waals surface area (Å²) in [5, 5.41) is 13.2. The molecular weight excluding hydrogens is 260 g/mol. The fourth-order valence-electron chi connectivity index (χ4n) is 2.53. The molecule has 2 aromatic rings. The number of rotatable bonds is 2. The minimum absolute atomic E-state index is 0.317. The van der Waals surface area contributed by atoms with Gasteiger partial charge in [0.25, 0.3) is 5.91 Å². The number of amides is 1. The van der Waals surface area contributed by atoms with Crippen molar-refractivity contribution < 1.29 is 14.7 Å². The maximum atomic E-state index is 12.5. The van der Waals surface area contributed by atoms with E-state index in [4.69, 9.17) is 5.11 Å². The summed E-state index contributed by atoms with van der Waals surface area (Å²) in [7, 11) is 0. The molecule has 7 nitrogen and oxygen atoms in total. The Morgan fingerprint density at radius 2 is 2.25 bits per heavy atom. The maximum absolute atomic E-state index is 12.5. The third-order valence-corrected chi connectivity index (χ3v) is 3.54. The Labute approximate surface area is 114 Å². The number of carbonyl (C=O) groups excluding carboxylic acids is 1. The molecule has 104 valence electrons. The lowest BCUT2D eigenvalue weighted by Crippen LogP contribution is -2.40. The molecule has 7 heteroatoms. The van der Waals surface area contributed by atoms with E-state index < -0.39 is 12.0 Å². The lowest BCUT2D eigenvalue weighted by Gasteiger charge is -2.20. The Bertz CT molecular complexity index is 694. The Kier molecular flexibility index (Phi) is 2.89. The molecule has 1 aliphatic heterocycles. The third kappa shape index (κ3) is 1.91. The van der Waals surface area contributed by atoms with Gasteiger partial charge < -0.3 is 10.0 Å². The Balaban J connectivity index is 2.00. The van der Waals surface area contributed by atoms with Crippen molar-refractivity contribution in [3.63, 3.8) is 0 Å². The van der Waals surface area contributed by atoms with Gasteiger partial charge in [-0.1, -0.05) is 0 Å². The van der Waals surface area contributed by atoms with Gasteiger partial charge >= 0.3 is 5.97 Å². The molecule has 1 fully saturated rings. The molecule has 1 N–H and O–H groups in total. The standard InChI is InChI=1S/C13H14N4O3/c1-8-4-6-17-11(15-8)9(7-14-17)12(18)16-5-2-3-10(16)13(19)20/h4,6-7,10H,2-3,5H2,1H3,(H,19,20)/t10-/m0/s1. The van der Waals surface area contributed by atoms with Crippen LogP contribution in [0.1, 0.15) is 28.9 Å². The van der Waals surface area contributed by atoms with Crippen LogP contribution in [0.4, 0.5) is 0 Å². The summed E-state index contributed by atoms with van der Waals surface area (Å²) in [5.74, 6) is -1.28. The summed E-state index contributed by atoms with van der Waals surface area (Å²) in [6, 6.07) is 1.05. The number of likely N-dealkylation sites (tertiary alicyclic amines) is 1. The highest BCUT2D eigenvalue weighted by Crippen LogP contribution is 2.21. The number of hydrogen-bond donors (Lipinski definition) is 1. The molecule has 1 saturated heterocycles. The van der Waals surface area contributed by atoms with Gasteiger partial charge in [0.2, 0.25) is 0 Å². The van der Waals surface area contributed by atoms with E-state index in [-0.39, 0.29) is 5.91 Å². The molecule has 1 aliphatic rings. The highest BCUT2D eigenvalue weighted by Gasteiger charge is 2.35. The van der Waals surface area contributed by atoms with Gasteiger partial charge in [-0.3, -0.25) is 4.79 Å². The number of hydrogen-bond acceptors (Lipinski definition) is 4. The highest BCUT2D eigenvalue weighted by molar-refractivity contribution is 6.01. The van der Waals surface area contributed by atoms with Gasteiger partial charge in [0, 0.05) is 18.4 Å². The van der Waals surface area contributed by atoms with E-state index in [1.54, 1.807) is 12.3 Å². The average Bonchev–Trinajstić information content (AvgIpc) is 3.04. The first-order chi connectivity index (χ1) is 9.58. The molecule has 0 spiro atoms. The Morgan fingerprint density at radius 1 is 1.45 bits per heavy atom. The van der Waals surface area contributed by atoms with E-state index in [1.807, 2.05) is 6.92 Å². The molecule has 0 aliphatic carbocycles. The number of aromatic nitrogens is 3. The number of carboxylic acid groups (broad SMARTS) is 1. The second kappa shape index (κ2) is 4.59. The summed E-state index contributed by atoms with van der Waals surface area (Å²) in [4.78, 5) is 29.4. The minimum atomic E-state index is -0.962. The van der Waals surface area contributed by atoms with E-state index in [1.165, 1.54) is 15.6 Å². The zero-order valence-corrected chi connectivity index (χ0v) is 11.0. The van der Waals surface area contributed by atoms with E-state index in [9.17, 15) is 9.59 Å². The maximum Gasteiger partial charge on any atom is 0.326 e. The lowest BCUT2D eigenvalue weighted by molar-refractivity contribution is -0.141. The summed E-state index contributed by atoms with van der Waals surface area (Å²) < 4.78 is 1.52. The van der Waals surface area contributed by atoms with Crippen LogP contribution in [0.25, 0.3) is 5.65 Å². The topological polar surface area (TPSA) is 87.8 Å². The number of carbonyl (C=O) groups is 2. The van der Waals surface area contributed by atoms with Gasteiger partial charge in [-0.2, -0.15) is 5.10 Å². The second-order valence-electron chi connectivity index (χ2n) is 4.89. The fourth-order valence-corrected chi connectivity index (χ4v) is 2.53. The number of aryl methyl sites for hydroxylation is 1. The van der Waals surface area contributed by atoms with Crippen LogP contribution in [0.3, 0.4) is 0 Å². The van der Waals surface area contributed by atoms with Crippen LogP contribution in [0.15, 0.2) is 18.5 Å². The molecule has 20 heavy (non-hydrogen) atoms. The molecule has 0 unspecified atom stereocenters. The quantitative estimate of drug-likeness (QED) is 0.872. The van der Waals surface area contributed by atoms with Crippen molar-refractivity contribution in [2.24, 2.45) is 0 Å². The van der Waals surface area contributed by atoms with Crippen molar-refractivity contribution in [2.75, 3.05) is 6.54 Å².